The van der Waals surface area contributed by atoms with Crippen molar-refractivity contribution in [2.45, 2.75) is 45.4 Å². The maximum Gasteiger partial charge on any atom is 0.415 e. The van der Waals surface area contributed by atoms with Gasteiger partial charge in [0.15, 0.2) is 6.07 Å². The standard InChI is InChI=1S/C16H21ClN2O4/c1-16(2,3)23-15(21)19-12-6-4-5-10(8-18)11(12)7-13(19)14(20)22-9-17/h4-6,13H,7-9,18H2,1-3H3. The molecule has 0 aliphatic carbocycles. The first kappa shape index (κ1) is 17.6. The van der Waals surface area contributed by atoms with Gasteiger partial charge in [-0.3, -0.25) is 4.90 Å². The maximum absolute atomic E-state index is 12.6. The second kappa shape index (κ2) is 6.76. The lowest BCUT2D eigenvalue weighted by Gasteiger charge is -2.28. The molecule has 1 heterocycles. The largest absolute Gasteiger partial charge is 0.448 e. The summed E-state index contributed by atoms with van der Waals surface area (Å²) in [6.45, 7) is 5.63. The summed E-state index contributed by atoms with van der Waals surface area (Å²) in [6.07, 6.45) is -0.264. The molecule has 0 radical (unpaired) electrons. The number of ether oxygens (including phenoxy) is 2. The highest BCUT2D eigenvalue weighted by molar-refractivity contribution is 6.17. The number of nitrogens with two attached hydrogens (primary N) is 1. The molecule has 1 atom stereocenters. The molecule has 1 unspecified atom stereocenters. The van der Waals surface area contributed by atoms with Crippen molar-refractivity contribution in [1.82, 2.24) is 0 Å². The molecule has 1 aromatic rings. The van der Waals surface area contributed by atoms with Gasteiger partial charge in [-0.15, -0.1) is 0 Å². The van der Waals surface area contributed by atoms with Crippen LogP contribution in [0.2, 0.25) is 0 Å². The molecule has 0 saturated heterocycles. The first-order valence-corrected chi connectivity index (χ1v) is 7.87. The van der Waals surface area contributed by atoms with Gasteiger partial charge in [0.1, 0.15) is 11.6 Å². The van der Waals surface area contributed by atoms with Crippen LogP contribution in [0.25, 0.3) is 0 Å². The highest BCUT2D eigenvalue weighted by Crippen LogP contribution is 2.36. The zero-order chi connectivity index (χ0) is 17.2. The summed E-state index contributed by atoms with van der Waals surface area (Å²) in [7, 11) is 0. The predicted molar refractivity (Wildman–Crippen MR) is 87.4 cm³/mol. The number of carbonyl (C=O) groups excluding carboxylic acids is 2. The SMILES string of the molecule is CC(C)(C)OC(=O)N1c2cccc(CN)c2CC1C(=O)OCCl. The minimum atomic E-state index is -0.800. The third-order valence-corrected chi connectivity index (χ3v) is 3.61. The van der Waals surface area contributed by atoms with Crippen LogP contribution >= 0.6 is 11.6 Å². The first-order valence-electron chi connectivity index (χ1n) is 7.34. The zero-order valence-electron chi connectivity index (χ0n) is 13.5. The fraction of sp³-hybridized carbons (Fsp3) is 0.500. The van der Waals surface area contributed by atoms with Crippen molar-refractivity contribution in [3.8, 4) is 0 Å². The molecule has 0 fully saturated rings. The summed E-state index contributed by atoms with van der Waals surface area (Å²) in [5.41, 5.74) is 7.45. The Morgan fingerprint density at radius 2 is 2.09 bits per heavy atom. The van der Waals surface area contributed by atoms with E-state index >= 15 is 0 Å². The van der Waals surface area contributed by atoms with Crippen molar-refractivity contribution in [2.75, 3.05) is 11.0 Å². The van der Waals surface area contributed by atoms with Crippen molar-refractivity contribution < 1.29 is 19.1 Å². The summed E-state index contributed by atoms with van der Waals surface area (Å²) in [5, 5.41) is 0. The molecule has 0 saturated carbocycles. The lowest BCUT2D eigenvalue weighted by molar-refractivity contribution is -0.143. The third kappa shape index (κ3) is 3.76. The smallest absolute Gasteiger partial charge is 0.415 e. The van der Waals surface area contributed by atoms with E-state index in [0.29, 0.717) is 18.7 Å². The fourth-order valence-electron chi connectivity index (χ4n) is 2.60. The lowest BCUT2D eigenvalue weighted by Crippen LogP contribution is -2.46. The van der Waals surface area contributed by atoms with Crippen LogP contribution in [0.15, 0.2) is 18.2 Å². The molecule has 2 N–H and O–H groups in total. The number of halogens is 1. The fourth-order valence-corrected chi connectivity index (χ4v) is 2.71. The van der Waals surface area contributed by atoms with E-state index < -0.39 is 23.7 Å². The zero-order valence-corrected chi connectivity index (χ0v) is 14.2. The van der Waals surface area contributed by atoms with Gasteiger partial charge in [-0.1, -0.05) is 23.7 Å². The summed E-state index contributed by atoms with van der Waals surface area (Å²) >= 11 is 5.48. The predicted octanol–water partition coefficient (Wildman–Crippen LogP) is 2.55. The molecular weight excluding hydrogens is 320 g/mol. The van der Waals surface area contributed by atoms with E-state index in [4.69, 9.17) is 26.8 Å². The molecular formula is C16H21ClN2O4. The van der Waals surface area contributed by atoms with E-state index in [-0.39, 0.29) is 6.07 Å². The van der Waals surface area contributed by atoms with Crippen molar-refractivity contribution >= 4 is 29.4 Å². The number of rotatable bonds is 3. The average molecular weight is 341 g/mol. The monoisotopic (exact) mass is 340 g/mol. The molecule has 0 aromatic heterocycles. The number of anilines is 1. The number of hydrogen-bond donors (Lipinski definition) is 1. The number of benzene rings is 1. The van der Waals surface area contributed by atoms with Crippen LogP contribution in [0.1, 0.15) is 31.9 Å². The Kier molecular flexibility index (Phi) is 5.16. The maximum atomic E-state index is 12.6. The molecule has 23 heavy (non-hydrogen) atoms. The lowest BCUT2D eigenvalue weighted by atomic mass is 10.0. The van der Waals surface area contributed by atoms with Gasteiger partial charge in [0, 0.05) is 13.0 Å². The number of fused-ring (bicyclic) bond motifs is 1. The number of amides is 1. The Labute approximate surface area is 140 Å². The molecule has 126 valence electrons. The van der Waals surface area contributed by atoms with Gasteiger partial charge >= 0.3 is 12.1 Å². The molecule has 1 amide bonds. The van der Waals surface area contributed by atoms with Crippen LogP contribution in [0.4, 0.5) is 10.5 Å². The molecule has 1 aliphatic rings. The van der Waals surface area contributed by atoms with Gasteiger partial charge in [0.25, 0.3) is 0 Å². The molecule has 0 bridgehead atoms. The second-order valence-corrected chi connectivity index (χ2v) is 6.48. The van der Waals surface area contributed by atoms with Gasteiger partial charge in [-0.2, -0.15) is 0 Å². The van der Waals surface area contributed by atoms with Crippen molar-refractivity contribution in [3.05, 3.63) is 29.3 Å². The minimum absolute atomic E-state index is 0.266. The molecule has 2 rings (SSSR count). The van der Waals surface area contributed by atoms with E-state index in [2.05, 4.69) is 0 Å². The summed E-state index contributed by atoms with van der Waals surface area (Å²) in [6, 6.07) is 4.38. The Hall–Kier alpha value is -1.79. The Morgan fingerprint density at radius 1 is 1.39 bits per heavy atom. The summed E-state index contributed by atoms with van der Waals surface area (Å²) in [5.74, 6) is -0.565. The summed E-state index contributed by atoms with van der Waals surface area (Å²) < 4.78 is 10.3. The van der Waals surface area contributed by atoms with Crippen LogP contribution in [0.3, 0.4) is 0 Å². The number of esters is 1. The Morgan fingerprint density at radius 3 is 2.65 bits per heavy atom. The van der Waals surface area contributed by atoms with Crippen LogP contribution in [-0.2, 0) is 27.2 Å². The van der Waals surface area contributed by atoms with Gasteiger partial charge < -0.3 is 15.2 Å². The number of hydrogen-bond acceptors (Lipinski definition) is 5. The van der Waals surface area contributed by atoms with Crippen LogP contribution in [0, 0.1) is 0 Å². The van der Waals surface area contributed by atoms with E-state index in [9.17, 15) is 9.59 Å². The quantitative estimate of drug-likeness (QED) is 0.675. The molecule has 1 aromatic carbocycles. The highest BCUT2D eigenvalue weighted by atomic mass is 35.5. The normalized spacial score (nSPS) is 16.9. The van der Waals surface area contributed by atoms with Crippen molar-refractivity contribution in [2.24, 2.45) is 5.73 Å². The topological polar surface area (TPSA) is 81.9 Å². The van der Waals surface area contributed by atoms with E-state index in [1.165, 1.54) is 4.90 Å². The van der Waals surface area contributed by atoms with E-state index in [1.807, 2.05) is 6.07 Å². The summed E-state index contributed by atoms with van der Waals surface area (Å²) in [4.78, 5) is 26.1. The number of carbonyl (C=O) groups is 2. The van der Waals surface area contributed by atoms with Crippen molar-refractivity contribution in [1.29, 1.82) is 0 Å². The molecule has 6 nitrogen and oxygen atoms in total. The third-order valence-electron chi connectivity index (χ3n) is 3.50. The molecule has 7 heteroatoms. The number of alkyl halides is 1. The van der Waals surface area contributed by atoms with Crippen LogP contribution in [-0.4, -0.2) is 29.8 Å². The van der Waals surface area contributed by atoms with Gasteiger partial charge in [-0.25, -0.2) is 9.59 Å². The van der Waals surface area contributed by atoms with Crippen LogP contribution in [0.5, 0.6) is 0 Å². The minimum Gasteiger partial charge on any atom is -0.448 e. The average Bonchev–Trinajstić information content (AvgIpc) is 2.85. The highest BCUT2D eigenvalue weighted by Gasteiger charge is 2.42. The van der Waals surface area contributed by atoms with Crippen molar-refractivity contribution in [3.63, 3.8) is 0 Å². The van der Waals surface area contributed by atoms with Gasteiger partial charge in [-0.05, 0) is 38.0 Å². The Balaban J connectivity index is 2.41. The second-order valence-electron chi connectivity index (χ2n) is 6.26. The van der Waals surface area contributed by atoms with Gasteiger partial charge in [0.05, 0.1) is 5.69 Å². The Bertz CT molecular complexity index is 613. The van der Waals surface area contributed by atoms with E-state index in [1.54, 1.807) is 32.9 Å². The van der Waals surface area contributed by atoms with Crippen LogP contribution < -0.4 is 10.6 Å². The van der Waals surface area contributed by atoms with E-state index in [0.717, 1.165) is 11.1 Å². The first-order chi connectivity index (χ1) is 10.8. The molecule has 0 spiro atoms. The number of nitrogens with zero attached hydrogens (tertiary/aromatic N) is 1. The molecule has 1 aliphatic heterocycles. The van der Waals surface area contributed by atoms with Gasteiger partial charge in [0.2, 0.25) is 0 Å².